The average molecular weight is 119 g/mol. The molecule has 2 nitrogen and oxygen atoms in total. The predicted octanol–water partition coefficient (Wildman–Crippen LogP) is 0.858. The third-order valence-electron chi connectivity index (χ3n) is 1.57. The number of rotatable bonds is 0. The van der Waals surface area contributed by atoms with Crippen LogP contribution in [-0.4, -0.2) is 18.5 Å². The molecule has 2 rings (SSSR count). The molecule has 2 aliphatic rings. The monoisotopic (exact) mass is 119 g/mol. The highest BCUT2D eigenvalue weighted by Crippen LogP contribution is 2.19. The minimum Gasteiger partial charge on any atom is -0.289 e. The first-order valence-electron chi connectivity index (χ1n) is 3.03. The molecule has 2 aliphatic heterocycles. The van der Waals surface area contributed by atoms with Gasteiger partial charge in [-0.15, -0.1) is 0 Å². The second kappa shape index (κ2) is 1.79. The van der Waals surface area contributed by atoms with Gasteiger partial charge < -0.3 is 0 Å². The van der Waals surface area contributed by atoms with Gasteiger partial charge in [0.05, 0.1) is 12.6 Å². The Hall–Kier alpha value is -0.920. The fraction of sp³-hybridized carbons (Fsp3) is 0.286. The molecule has 0 aliphatic carbocycles. The van der Waals surface area contributed by atoms with E-state index in [0.717, 1.165) is 0 Å². The van der Waals surface area contributed by atoms with Gasteiger partial charge in [0.1, 0.15) is 0 Å². The SMILES string of the molecule is [CH]1N=CC2N=CC=CC12. The zero-order valence-corrected chi connectivity index (χ0v) is 4.94. The van der Waals surface area contributed by atoms with Gasteiger partial charge in [-0.1, -0.05) is 6.08 Å². The Balaban J connectivity index is 2.25. The van der Waals surface area contributed by atoms with Crippen molar-refractivity contribution in [2.24, 2.45) is 15.9 Å². The van der Waals surface area contributed by atoms with Crippen LogP contribution in [0.5, 0.6) is 0 Å². The Labute approximate surface area is 54.0 Å². The van der Waals surface area contributed by atoms with Crippen LogP contribution >= 0.6 is 0 Å². The predicted molar refractivity (Wildman–Crippen MR) is 37.7 cm³/mol. The van der Waals surface area contributed by atoms with Gasteiger partial charge in [0.25, 0.3) is 0 Å². The molecule has 0 saturated heterocycles. The number of fused-ring (bicyclic) bond motifs is 1. The Kier molecular flexibility index (Phi) is 0.979. The Morgan fingerprint density at radius 1 is 1.33 bits per heavy atom. The van der Waals surface area contributed by atoms with Gasteiger partial charge in [0.2, 0.25) is 0 Å². The highest BCUT2D eigenvalue weighted by atomic mass is 14.9. The normalized spacial score (nSPS) is 37.3. The quantitative estimate of drug-likeness (QED) is 0.452. The Morgan fingerprint density at radius 2 is 2.33 bits per heavy atom. The lowest BCUT2D eigenvalue weighted by Crippen LogP contribution is -2.15. The fourth-order valence-electron chi connectivity index (χ4n) is 1.05. The van der Waals surface area contributed by atoms with Crippen molar-refractivity contribution in [1.82, 2.24) is 0 Å². The van der Waals surface area contributed by atoms with E-state index in [1.54, 1.807) is 0 Å². The third-order valence-corrected chi connectivity index (χ3v) is 1.57. The summed E-state index contributed by atoms with van der Waals surface area (Å²) in [6.45, 7) is 1.93. The molecule has 0 spiro atoms. The maximum atomic E-state index is 4.20. The van der Waals surface area contributed by atoms with Crippen molar-refractivity contribution in [1.29, 1.82) is 0 Å². The van der Waals surface area contributed by atoms with E-state index in [4.69, 9.17) is 0 Å². The summed E-state index contributed by atoms with van der Waals surface area (Å²) in [7, 11) is 0. The van der Waals surface area contributed by atoms with Gasteiger partial charge in [-0.25, -0.2) is 0 Å². The smallest absolute Gasteiger partial charge is 0.0929 e. The molecule has 9 heavy (non-hydrogen) atoms. The van der Waals surface area contributed by atoms with Crippen molar-refractivity contribution in [2.75, 3.05) is 0 Å². The molecule has 0 N–H and O–H groups in total. The minimum absolute atomic E-state index is 0.301. The second-order valence-corrected chi connectivity index (χ2v) is 2.20. The molecule has 0 aromatic heterocycles. The zero-order chi connectivity index (χ0) is 6.10. The summed E-state index contributed by atoms with van der Waals surface area (Å²) in [4.78, 5) is 8.21. The molecule has 1 radical (unpaired) electrons. The number of hydrogen-bond donors (Lipinski definition) is 0. The Morgan fingerprint density at radius 3 is 3.22 bits per heavy atom. The van der Waals surface area contributed by atoms with E-state index in [1.807, 2.05) is 25.0 Å². The molecule has 0 saturated carbocycles. The summed E-state index contributed by atoms with van der Waals surface area (Å²) < 4.78 is 0. The van der Waals surface area contributed by atoms with Crippen molar-refractivity contribution in [3.8, 4) is 0 Å². The van der Waals surface area contributed by atoms with Gasteiger partial charge in [-0.3, -0.25) is 9.98 Å². The number of allylic oxidation sites excluding steroid dienone is 1. The van der Waals surface area contributed by atoms with E-state index < -0.39 is 0 Å². The van der Waals surface area contributed by atoms with Crippen molar-refractivity contribution >= 4 is 12.4 Å². The van der Waals surface area contributed by atoms with Crippen molar-refractivity contribution in [3.63, 3.8) is 0 Å². The first kappa shape index (κ1) is 4.91. The number of dihydropyridines is 1. The van der Waals surface area contributed by atoms with Crippen LogP contribution in [0.4, 0.5) is 0 Å². The lowest BCUT2D eigenvalue weighted by molar-refractivity contribution is 0.715. The molecule has 0 fully saturated rings. The van der Waals surface area contributed by atoms with E-state index in [9.17, 15) is 0 Å². The molecular weight excluding hydrogens is 112 g/mol. The molecule has 2 heterocycles. The zero-order valence-electron chi connectivity index (χ0n) is 4.94. The van der Waals surface area contributed by atoms with Crippen molar-refractivity contribution in [2.45, 2.75) is 6.04 Å². The highest BCUT2D eigenvalue weighted by Gasteiger charge is 2.21. The largest absolute Gasteiger partial charge is 0.289 e. The molecule has 2 unspecified atom stereocenters. The second-order valence-electron chi connectivity index (χ2n) is 2.20. The van der Waals surface area contributed by atoms with Crippen LogP contribution < -0.4 is 0 Å². The van der Waals surface area contributed by atoms with Crippen molar-refractivity contribution in [3.05, 3.63) is 18.7 Å². The summed E-state index contributed by atoms with van der Waals surface area (Å²) in [5.41, 5.74) is 0. The Bertz CT molecular complexity index is 191. The fourth-order valence-corrected chi connectivity index (χ4v) is 1.05. The summed E-state index contributed by atoms with van der Waals surface area (Å²) >= 11 is 0. The summed E-state index contributed by atoms with van der Waals surface area (Å²) in [5.74, 6) is 0.440. The lowest BCUT2D eigenvalue weighted by Gasteiger charge is -2.10. The number of nitrogens with zero attached hydrogens (tertiary/aromatic N) is 2. The molecule has 0 bridgehead atoms. The van der Waals surface area contributed by atoms with Gasteiger partial charge in [0.15, 0.2) is 0 Å². The van der Waals surface area contributed by atoms with Gasteiger partial charge in [0, 0.05) is 18.3 Å². The maximum absolute atomic E-state index is 4.20. The molecule has 0 aromatic rings. The lowest BCUT2D eigenvalue weighted by atomic mass is 10.0. The van der Waals surface area contributed by atoms with Crippen LogP contribution in [-0.2, 0) is 0 Å². The third kappa shape index (κ3) is 0.707. The van der Waals surface area contributed by atoms with Crippen LogP contribution in [0.1, 0.15) is 0 Å². The standard InChI is InChI=1S/C7H7N2/c1-2-6-4-8-5-7(6)9-3-1/h1-7H. The number of aliphatic imine (C=N–C) groups is 2. The van der Waals surface area contributed by atoms with E-state index >= 15 is 0 Å². The summed E-state index contributed by atoms with van der Waals surface area (Å²) in [5, 5.41) is 0. The van der Waals surface area contributed by atoms with Gasteiger partial charge in [-0.2, -0.15) is 0 Å². The van der Waals surface area contributed by atoms with Crippen LogP contribution in [0.15, 0.2) is 22.1 Å². The minimum atomic E-state index is 0.301. The molecular formula is C7H7N2. The number of hydrogen-bond acceptors (Lipinski definition) is 2. The highest BCUT2D eigenvalue weighted by molar-refractivity contribution is 5.79. The van der Waals surface area contributed by atoms with E-state index in [1.165, 1.54) is 0 Å². The molecule has 2 atom stereocenters. The summed E-state index contributed by atoms with van der Waals surface area (Å²) in [6, 6.07) is 0.301. The molecule has 2 heteroatoms. The van der Waals surface area contributed by atoms with Crippen LogP contribution in [0.3, 0.4) is 0 Å². The van der Waals surface area contributed by atoms with Gasteiger partial charge in [-0.05, 0) is 6.08 Å². The van der Waals surface area contributed by atoms with Crippen molar-refractivity contribution < 1.29 is 0 Å². The van der Waals surface area contributed by atoms with E-state index in [2.05, 4.69) is 16.1 Å². The van der Waals surface area contributed by atoms with Crippen LogP contribution in [0, 0.1) is 12.5 Å². The summed E-state index contributed by atoms with van der Waals surface area (Å²) in [6.07, 6.45) is 7.79. The first-order valence-corrected chi connectivity index (χ1v) is 3.03. The first-order chi connectivity index (χ1) is 4.47. The average Bonchev–Trinajstić information content (AvgIpc) is 2.33. The van der Waals surface area contributed by atoms with Gasteiger partial charge >= 0.3 is 0 Å². The molecule has 0 aromatic carbocycles. The van der Waals surface area contributed by atoms with E-state index in [-0.39, 0.29) is 0 Å². The molecule has 0 amide bonds. The van der Waals surface area contributed by atoms with Crippen LogP contribution in [0.25, 0.3) is 0 Å². The maximum Gasteiger partial charge on any atom is 0.0929 e. The van der Waals surface area contributed by atoms with Crippen LogP contribution in [0.2, 0.25) is 0 Å². The topological polar surface area (TPSA) is 24.7 Å². The molecule has 45 valence electrons. The van der Waals surface area contributed by atoms with E-state index in [0.29, 0.717) is 12.0 Å².